The van der Waals surface area contributed by atoms with Gasteiger partial charge in [-0.05, 0) is 37.6 Å². The highest BCUT2D eigenvalue weighted by Gasteiger charge is 2.21. The molecule has 0 amide bonds. The number of hydrogen-bond donors (Lipinski definition) is 2. The molecule has 0 saturated carbocycles. The molecule has 1 aliphatic heterocycles. The molecule has 0 aliphatic carbocycles. The molecule has 18 heavy (non-hydrogen) atoms. The zero-order valence-electron chi connectivity index (χ0n) is 9.73. The van der Waals surface area contributed by atoms with Gasteiger partial charge in [-0.3, -0.25) is 0 Å². The first-order valence-corrected chi connectivity index (χ1v) is 7.05. The van der Waals surface area contributed by atoms with Crippen molar-refractivity contribution in [1.29, 1.82) is 0 Å². The Bertz CT molecular complexity index is 490. The van der Waals surface area contributed by atoms with Crippen LogP contribution in [0.4, 0.5) is 4.39 Å². The number of piperidine rings is 1. The smallest absolute Gasteiger partial charge is 0.240 e. The van der Waals surface area contributed by atoms with Gasteiger partial charge >= 0.3 is 0 Å². The van der Waals surface area contributed by atoms with Gasteiger partial charge in [0.05, 0.1) is 4.90 Å². The van der Waals surface area contributed by atoms with E-state index >= 15 is 0 Å². The molecule has 1 aromatic rings. The van der Waals surface area contributed by atoms with Gasteiger partial charge < -0.3 is 5.32 Å². The fourth-order valence-corrected chi connectivity index (χ4v) is 3.18. The standard InChI is InChI=1S/C11H15FN2O2S.ClH/c12-9-3-1-5-11(7-9)17(15,16)14-10-4-2-6-13-8-10;/h1,3,5,7,10,13-14H,2,4,6,8H2;1H/t10-;/m1./s1. The molecule has 0 radical (unpaired) electrons. The molecule has 7 heteroatoms. The molecule has 1 saturated heterocycles. The van der Waals surface area contributed by atoms with Crippen molar-refractivity contribution in [2.75, 3.05) is 13.1 Å². The maximum atomic E-state index is 13.0. The molecule has 1 heterocycles. The second-order valence-corrected chi connectivity index (χ2v) is 5.84. The first-order valence-electron chi connectivity index (χ1n) is 5.56. The quantitative estimate of drug-likeness (QED) is 0.883. The van der Waals surface area contributed by atoms with Crippen molar-refractivity contribution in [1.82, 2.24) is 10.0 Å². The summed E-state index contributed by atoms with van der Waals surface area (Å²) in [6.45, 7) is 1.53. The molecule has 0 aromatic heterocycles. The molecule has 0 unspecified atom stereocenters. The summed E-state index contributed by atoms with van der Waals surface area (Å²) < 4.78 is 39.4. The lowest BCUT2D eigenvalue weighted by Crippen LogP contribution is -2.45. The van der Waals surface area contributed by atoms with Crippen LogP contribution in [0, 0.1) is 5.82 Å². The van der Waals surface area contributed by atoms with Crippen molar-refractivity contribution in [2.24, 2.45) is 0 Å². The molecule has 1 aliphatic rings. The van der Waals surface area contributed by atoms with E-state index in [1.165, 1.54) is 18.2 Å². The number of rotatable bonds is 3. The van der Waals surface area contributed by atoms with Crippen molar-refractivity contribution in [3.8, 4) is 0 Å². The molecule has 2 rings (SSSR count). The van der Waals surface area contributed by atoms with Gasteiger partial charge in [-0.25, -0.2) is 17.5 Å². The largest absolute Gasteiger partial charge is 0.315 e. The summed E-state index contributed by atoms with van der Waals surface area (Å²) in [7, 11) is -3.61. The van der Waals surface area contributed by atoms with Gasteiger partial charge in [0.25, 0.3) is 0 Å². The zero-order chi connectivity index (χ0) is 12.3. The molecule has 102 valence electrons. The number of sulfonamides is 1. The summed E-state index contributed by atoms with van der Waals surface area (Å²) in [6.07, 6.45) is 1.75. The van der Waals surface area contributed by atoms with Crippen LogP contribution in [0.5, 0.6) is 0 Å². The summed E-state index contributed by atoms with van der Waals surface area (Å²) >= 11 is 0. The van der Waals surface area contributed by atoms with E-state index < -0.39 is 15.8 Å². The Hall–Kier alpha value is -0.690. The van der Waals surface area contributed by atoms with Gasteiger partial charge in [-0.15, -0.1) is 12.4 Å². The summed E-state index contributed by atoms with van der Waals surface area (Å²) in [4.78, 5) is -0.0249. The number of halogens is 2. The average molecular weight is 295 g/mol. The number of benzene rings is 1. The average Bonchev–Trinajstić information content (AvgIpc) is 2.30. The number of nitrogens with one attached hydrogen (secondary N) is 2. The van der Waals surface area contributed by atoms with Crippen LogP contribution in [0.2, 0.25) is 0 Å². The third-order valence-corrected chi connectivity index (χ3v) is 4.24. The molecule has 0 bridgehead atoms. The summed E-state index contributed by atoms with van der Waals surface area (Å²) in [5.74, 6) is -0.547. The minimum Gasteiger partial charge on any atom is -0.315 e. The van der Waals surface area contributed by atoms with Gasteiger partial charge in [-0.2, -0.15) is 0 Å². The van der Waals surface area contributed by atoms with Crippen LogP contribution in [-0.2, 0) is 10.0 Å². The second kappa shape index (κ2) is 6.47. The van der Waals surface area contributed by atoms with Crippen LogP contribution in [-0.4, -0.2) is 27.5 Å². The van der Waals surface area contributed by atoms with E-state index in [1.807, 2.05) is 0 Å². The lowest BCUT2D eigenvalue weighted by Gasteiger charge is -2.23. The molecule has 0 spiro atoms. The van der Waals surface area contributed by atoms with Crippen LogP contribution in [0.3, 0.4) is 0 Å². The van der Waals surface area contributed by atoms with E-state index in [4.69, 9.17) is 0 Å². The molecule has 1 atom stereocenters. The Kier molecular flexibility index (Phi) is 5.52. The summed E-state index contributed by atoms with van der Waals surface area (Å²) in [6, 6.07) is 4.92. The van der Waals surface area contributed by atoms with E-state index in [9.17, 15) is 12.8 Å². The first kappa shape index (κ1) is 15.4. The Morgan fingerprint density at radius 1 is 1.39 bits per heavy atom. The SMILES string of the molecule is Cl.O=S(=O)(N[C@@H]1CCCNC1)c1cccc(F)c1. The highest BCUT2D eigenvalue weighted by molar-refractivity contribution is 7.89. The monoisotopic (exact) mass is 294 g/mol. The highest BCUT2D eigenvalue weighted by atomic mass is 35.5. The van der Waals surface area contributed by atoms with Crippen LogP contribution < -0.4 is 10.0 Å². The molecule has 1 aromatic carbocycles. The summed E-state index contributed by atoms with van der Waals surface area (Å²) in [5.41, 5.74) is 0. The van der Waals surface area contributed by atoms with Crippen LogP contribution >= 0.6 is 12.4 Å². The van der Waals surface area contributed by atoms with Crippen molar-refractivity contribution in [3.63, 3.8) is 0 Å². The van der Waals surface area contributed by atoms with Crippen LogP contribution in [0.25, 0.3) is 0 Å². The minimum atomic E-state index is -3.61. The summed E-state index contributed by atoms with van der Waals surface area (Å²) in [5, 5.41) is 3.12. The fraction of sp³-hybridized carbons (Fsp3) is 0.455. The molecule has 4 nitrogen and oxygen atoms in total. The predicted octanol–water partition coefficient (Wildman–Crippen LogP) is 1.28. The van der Waals surface area contributed by atoms with Crippen LogP contribution in [0.1, 0.15) is 12.8 Å². The maximum Gasteiger partial charge on any atom is 0.240 e. The van der Waals surface area contributed by atoms with Gasteiger partial charge in [0, 0.05) is 12.6 Å². The van der Waals surface area contributed by atoms with Crippen molar-refractivity contribution in [2.45, 2.75) is 23.8 Å². The third-order valence-electron chi connectivity index (χ3n) is 2.73. The van der Waals surface area contributed by atoms with Crippen molar-refractivity contribution >= 4 is 22.4 Å². The zero-order valence-corrected chi connectivity index (χ0v) is 11.4. The van der Waals surface area contributed by atoms with Crippen molar-refractivity contribution in [3.05, 3.63) is 30.1 Å². The Balaban J connectivity index is 0.00000162. The van der Waals surface area contributed by atoms with E-state index in [-0.39, 0.29) is 23.3 Å². The first-order chi connectivity index (χ1) is 8.08. The van der Waals surface area contributed by atoms with E-state index in [0.29, 0.717) is 6.54 Å². The van der Waals surface area contributed by atoms with Gasteiger partial charge in [0.1, 0.15) is 5.82 Å². The minimum absolute atomic E-state index is 0. The van der Waals surface area contributed by atoms with Crippen LogP contribution in [0.15, 0.2) is 29.2 Å². The van der Waals surface area contributed by atoms with Gasteiger partial charge in [-0.1, -0.05) is 6.07 Å². The Morgan fingerprint density at radius 3 is 2.78 bits per heavy atom. The molecule has 2 N–H and O–H groups in total. The second-order valence-electron chi connectivity index (χ2n) is 4.12. The van der Waals surface area contributed by atoms with Gasteiger partial charge in [0.2, 0.25) is 10.0 Å². The predicted molar refractivity (Wildman–Crippen MR) is 69.9 cm³/mol. The Labute approximate surface area is 112 Å². The lowest BCUT2D eigenvalue weighted by atomic mass is 10.1. The van der Waals surface area contributed by atoms with Crippen molar-refractivity contribution < 1.29 is 12.8 Å². The van der Waals surface area contributed by atoms with E-state index in [0.717, 1.165) is 25.5 Å². The topological polar surface area (TPSA) is 58.2 Å². The lowest BCUT2D eigenvalue weighted by molar-refractivity contribution is 0.428. The molecule has 1 fully saturated rings. The molecular formula is C11H16ClFN2O2S. The number of hydrogen-bond acceptors (Lipinski definition) is 3. The van der Waals surface area contributed by atoms with Gasteiger partial charge in [0.15, 0.2) is 0 Å². The molecular weight excluding hydrogens is 279 g/mol. The third kappa shape index (κ3) is 3.91. The Morgan fingerprint density at radius 2 is 2.17 bits per heavy atom. The fourth-order valence-electron chi connectivity index (χ4n) is 1.87. The maximum absolute atomic E-state index is 13.0. The van der Waals surface area contributed by atoms with E-state index in [2.05, 4.69) is 10.0 Å². The van der Waals surface area contributed by atoms with E-state index in [1.54, 1.807) is 0 Å². The highest BCUT2D eigenvalue weighted by Crippen LogP contribution is 2.12. The normalized spacial score (nSPS) is 20.2.